The van der Waals surface area contributed by atoms with Crippen LogP contribution in [0.15, 0.2) is 85.1 Å². The number of para-hydroxylation sites is 1. The Kier molecular flexibility index (Phi) is 5.02. The molecule has 0 radical (unpaired) electrons. The largest absolute Gasteiger partial charge is 0.376 e. The number of nitrogens with zero attached hydrogens (tertiary/aromatic N) is 1. The van der Waals surface area contributed by atoms with Gasteiger partial charge in [0.25, 0.3) is 0 Å². The number of carbonyl (C=O) groups excluding carboxylic acids is 1. The van der Waals surface area contributed by atoms with E-state index in [-0.39, 0.29) is 17.7 Å². The molecule has 2 atom stereocenters. The highest BCUT2D eigenvalue weighted by molar-refractivity contribution is 5.98. The van der Waals surface area contributed by atoms with E-state index in [1.165, 1.54) is 0 Å². The summed E-state index contributed by atoms with van der Waals surface area (Å²) in [4.78, 5) is 17.3. The van der Waals surface area contributed by atoms with Crippen molar-refractivity contribution in [3.63, 3.8) is 0 Å². The number of carbonyl (C=O) groups is 1. The predicted molar refractivity (Wildman–Crippen MR) is 97.0 cm³/mol. The Morgan fingerprint density at radius 1 is 0.875 bits per heavy atom. The van der Waals surface area contributed by atoms with Gasteiger partial charge < -0.3 is 5.32 Å². The first-order valence-electron chi connectivity index (χ1n) is 8.07. The maximum atomic E-state index is 12.9. The minimum atomic E-state index is -0.248. The summed E-state index contributed by atoms with van der Waals surface area (Å²) in [6.45, 7) is 1.95. The average molecular weight is 316 g/mol. The highest BCUT2D eigenvalue weighted by Crippen LogP contribution is 2.28. The number of hydrogen-bond donors (Lipinski definition) is 1. The van der Waals surface area contributed by atoms with Crippen molar-refractivity contribution in [2.75, 3.05) is 5.32 Å². The molecule has 0 fully saturated rings. The summed E-state index contributed by atoms with van der Waals surface area (Å²) in [5, 5.41) is 3.46. The third-order valence-electron chi connectivity index (χ3n) is 4.07. The first-order valence-corrected chi connectivity index (χ1v) is 8.07. The molecule has 2 aromatic carbocycles. The van der Waals surface area contributed by atoms with Gasteiger partial charge in [0, 0.05) is 23.4 Å². The van der Waals surface area contributed by atoms with Gasteiger partial charge in [-0.25, -0.2) is 0 Å². The molecule has 0 saturated carbocycles. The Morgan fingerprint density at radius 2 is 1.50 bits per heavy atom. The van der Waals surface area contributed by atoms with Crippen molar-refractivity contribution >= 4 is 11.5 Å². The predicted octanol–water partition coefficient (Wildman–Crippen LogP) is 4.75. The molecule has 2 unspecified atom stereocenters. The highest BCUT2D eigenvalue weighted by atomic mass is 16.1. The maximum Gasteiger partial charge on any atom is 0.168 e. The van der Waals surface area contributed by atoms with Crippen LogP contribution in [0.2, 0.25) is 0 Å². The Bertz CT molecular complexity index is 773. The zero-order valence-electron chi connectivity index (χ0n) is 13.6. The van der Waals surface area contributed by atoms with E-state index >= 15 is 0 Å². The number of hydrogen-bond acceptors (Lipinski definition) is 3. The molecule has 0 amide bonds. The third-order valence-corrected chi connectivity index (χ3v) is 4.07. The Balaban J connectivity index is 1.90. The Hall–Kier alpha value is -2.94. The second-order valence-corrected chi connectivity index (χ2v) is 5.76. The molecular weight excluding hydrogens is 296 g/mol. The fourth-order valence-electron chi connectivity index (χ4n) is 2.75. The highest BCUT2D eigenvalue weighted by Gasteiger charge is 2.27. The molecule has 0 aliphatic rings. The lowest BCUT2D eigenvalue weighted by molar-refractivity contribution is 0.0916. The molecule has 1 aromatic heterocycles. The van der Waals surface area contributed by atoms with E-state index < -0.39 is 0 Å². The summed E-state index contributed by atoms with van der Waals surface area (Å²) >= 11 is 0. The van der Waals surface area contributed by atoms with Crippen LogP contribution in [0.3, 0.4) is 0 Å². The van der Waals surface area contributed by atoms with Crippen LogP contribution in [-0.4, -0.2) is 10.8 Å². The average Bonchev–Trinajstić information content (AvgIpc) is 2.67. The van der Waals surface area contributed by atoms with E-state index in [4.69, 9.17) is 0 Å². The normalized spacial score (nSPS) is 13.0. The van der Waals surface area contributed by atoms with Gasteiger partial charge in [-0.15, -0.1) is 0 Å². The number of anilines is 1. The summed E-state index contributed by atoms with van der Waals surface area (Å²) in [5.74, 6) is -0.141. The monoisotopic (exact) mass is 316 g/mol. The Morgan fingerprint density at radius 3 is 2.12 bits per heavy atom. The minimum absolute atomic E-state index is 0.106. The zero-order chi connectivity index (χ0) is 16.8. The van der Waals surface area contributed by atoms with Crippen LogP contribution < -0.4 is 5.32 Å². The number of aromatic nitrogens is 1. The number of benzene rings is 2. The van der Waals surface area contributed by atoms with Crippen molar-refractivity contribution < 1.29 is 4.79 Å². The third kappa shape index (κ3) is 3.69. The lowest BCUT2D eigenvalue weighted by Crippen LogP contribution is -2.26. The van der Waals surface area contributed by atoms with Crippen LogP contribution in [0.5, 0.6) is 0 Å². The second kappa shape index (κ2) is 7.55. The van der Waals surface area contributed by atoms with Crippen molar-refractivity contribution in [1.82, 2.24) is 4.98 Å². The minimum Gasteiger partial charge on any atom is -0.376 e. The van der Waals surface area contributed by atoms with E-state index in [1.807, 2.05) is 85.8 Å². The van der Waals surface area contributed by atoms with Gasteiger partial charge in [-0.3, -0.25) is 9.78 Å². The van der Waals surface area contributed by atoms with Crippen molar-refractivity contribution in [2.24, 2.45) is 5.92 Å². The van der Waals surface area contributed by atoms with Crippen LogP contribution in [-0.2, 0) is 0 Å². The van der Waals surface area contributed by atoms with Gasteiger partial charge >= 0.3 is 0 Å². The van der Waals surface area contributed by atoms with Crippen molar-refractivity contribution in [2.45, 2.75) is 13.0 Å². The van der Waals surface area contributed by atoms with Gasteiger partial charge in [-0.1, -0.05) is 61.5 Å². The molecule has 1 heterocycles. The van der Waals surface area contributed by atoms with Gasteiger partial charge in [-0.05, 0) is 24.3 Å². The van der Waals surface area contributed by atoms with E-state index in [0.29, 0.717) is 0 Å². The molecule has 0 aliphatic heterocycles. The second-order valence-electron chi connectivity index (χ2n) is 5.76. The van der Waals surface area contributed by atoms with Gasteiger partial charge in [0.05, 0.1) is 11.7 Å². The topological polar surface area (TPSA) is 42.0 Å². The molecular formula is C21H20N2O. The van der Waals surface area contributed by atoms with E-state index in [0.717, 1.165) is 16.9 Å². The van der Waals surface area contributed by atoms with Crippen molar-refractivity contribution in [3.05, 3.63) is 96.3 Å². The fraction of sp³-hybridized carbons (Fsp3) is 0.143. The molecule has 0 aliphatic carbocycles. The summed E-state index contributed by atoms with van der Waals surface area (Å²) in [6, 6.07) is 24.9. The molecule has 0 spiro atoms. The molecule has 3 nitrogen and oxygen atoms in total. The summed E-state index contributed by atoms with van der Waals surface area (Å²) < 4.78 is 0. The molecule has 24 heavy (non-hydrogen) atoms. The van der Waals surface area contributed by atoms with Gasteiger partial charge in [0.1, 0.15) is 0 Å². The van der Waals surface area contributed by atoms with Crippen molar-refractivity contribution in [1.29, 1.82) is 0 Å². The maximum absolute atomic E-state index is 12.9. The quantitative estimate of drug-likeness (QED) is 0.667. The van der Waals surface area contributed by atoms with Crippen LogP contribution in [0.4, 0.5) is 5.69 Å². The van der Waals surface area contributed by atoms with Gasteiger partial charge in [0.15, 0.2) is 5.78 Å². The fourth-order valence-corrected chi connectivity index (χ4v) is 2.75. The lowest BCUT2D eigenvalue weighted by atomic mass is 9.90. The lowest BCUT2D eigenvalue weighted by Gasteiger charge is -2.25. The number of nitrogens with one attached hydrogen (secondary N) is 1. The molecule has 0 saturated heterocycles. The van der Waals surface area contributed by atoms with Crippen LogP contribution in [0.1, 0.15) is 29.0 Å². The first kappa shape index (κ1) is 15.9. The molecule has 120 valence electrons. The van der Waals surface area contributed by atoms with E-state index in [2.05, 4.69) is 10.3 Å². The molecule has 0 bridgehead atoms. The van der Waals surface area contributed by atoms with Crippen LogP contribution in [0, 0.1) is 5.92 Å². The first-order chi connectivity index (χ1) is 11.8. The Labute approximate surface area is 142 Å². The van der Waals surface area contributed by atoms with Crippen LogP contribution >= 0.6 is 0 Å². The molecule has 3 heteroatoms. The van der Waals surface area contributed by atoms with E-state index in [1.54, 1.807) is 6.20 Å². The summed E-state index contributed by atoms with van der Waals surface area (Å²) in [6.07, 6.45) is 1.76. The number of Topliss-reactive ketones (excluding diaryl/α,β-unsaturated/α-hetero) is 1. The van der Waals surface area contributed by atoms with Gasteiger partial charge in [0.2, 0.25) is 0 Å². The SMILES string of the molecule is CC(C(=O)c1ccccc1)C(Nc1ccccc1)c1ccccn1. The standard InChI is InChI=1S/C21H20N2O/c1-16(21(24)17-10-4-2-5-11-17)20(19-14-8-9-15-22-19)23-18-12-6-3-7-13-18/h2-16,20,23H,1H3. The van der Waals surface area contributed by atoms with Gasteiger partial charge in [-0.2, -0.15) is 0 Å². The summed E-state index contributed by atoms with van der Waals surface area (Å²) in [5.41, 5.74) is 2.56. The molecule has 3 rings (SSSR count). The molecule has 3 aromatic rings. The number of pyridine rings is 1. The zero-order valence-corrected chi connectivity index (χ0v) is 13.6. The number of rotatable bonds is 6. The van der Waals surface area contributed by atoms with Crippen LogP contribution in [0.25, 0.3) is 0 Å². The smallest absolute Gasteiger partial charge is 0.168 e. The molecule has 1 N–H and O–H groups in total. The summed E-state index contributed by atoms with van der Waals surface area (Å²) in [7, 11) is 0. The number of ketones is 1. The van der Waals surface area contributed by atoms with E-state index in [9.17, 15) is 4.79 Å². The van der Waals surface area contributed by atoms with Crippen molar-refractivity contribution in [3.8, 4) is 0 Å².